The van der Waals surface area contributed by atoms with Crippen LogP contribution >= 0.6 is 11.3 Å². The Morgan fingerprint density at radius 3 is 2.11 bits per heavy atom. The summed E-state index contributed by atoms with van der Waals surface area (Å²) in [6.45, 7) is 14.9. The van der Waals surface area contributed by atoms with Crippen molar-refractivity contribution in [1.29, 1.82) is 0 Å². The average molecular weight is 822 g/mol. The maximum absolute atomic E-state index is 11.7. The van der Waals surface area contributed by atoms with E-state index >= 15 is 0 Å². The van der Waals surface area contributed by atoms with Gasteiger partial charge in [-0.25, -0.2) is 4.98 Å². The van der Waals surface area contributed by atoms with Crippen LogP contribution in [0.1, 0.15) is 79.7 Å². The van der Waals surface area contributed by atoms with E-state index in [2.05, 4.69) is 98.6 Å². The first-order valence-electron chi connectivity index (χ1n) is 16.6. The summed E-state index contributed by atoms with van der Waals surface area (Å²) < 4.78 is 1.24. The van der Waals surface area contributed by atoms with Crippen LogP contribution in [0.5, 0.6) is 0 Å². The monoisotopic (exact) mass is 822 g/mol. The Hall–Kier alpha value is -3.44. The van der Waals surface area contributed by atoms with Crippen molar-refractivity contribution in [2.45, 2.75) is 79.6 Å². The minimum Gasteiger partial charge on any atom is -0.512 e. The number of allylic oxidation sites excluding steroid dienone is 2. The van der Waals surface area contributed by atoms with Crippen molar-refractivity contribution in [1.82, 2.24) is 9.97 Å². The predicted octanol–water partition coefficient (Wildman–Crippen LogP) is 11.8. The van der Waals surface area contributed by atoms with Crippen molar-refractivity contribution >= 4 is 59.0 Å². The Morgan fingerprint density at radius 1 is 0.851 bits per heavy atom. The van der Waals surface area contributed by atoms with Crippen LogP contribution in [0.2, 0.25) is 0 Å². The molecule has 1 radical (unpaired) electrons. The number of nitrogens with zero attached hydrogens (tertiary/aromatic N) is 2. The van der Waals surface area contributed by atoms with Gasteiger partial charge >= 0.3 is 0 Å². The van der Waals surface area contributed by atoms with Gasteiger partial charge in [0.2, 0.25) is 0 Å². The summed E-state index contributed by atoms with van der Waals surface area (Å²) in [5, 5.41) is 17.0. The van der Waals surface area contributed by atoms with E-state index < -0.39 is 0 Å². The number of aliphatic hydroxyl groups excluding tert-OH is 1. The molecule has 47 heavy (non-hydrogen) atoms. The maximum atomic E-state index is 11.7. The molecule has 247 valence electrons. The number of aromatic nitrogens is 2. The molecule has 6 aromatic rings. The van der Waals surface area contributed by atoms with Crippen molar-refractivity contribution in [2.24, 2.45) is 11.8 Å². The molecule has 0 fully saturated rings. The topological polar surface area (TPSA) is 63.1 Å². The van der Waals surface area contributed by atoms with Crippen molar-refractivity contribution < 1.29 is 30.0 Å². The van der Waals surface area contributed by atoms with Crippen LogP contribution in [0.4, 0.5) is 0 Å². The molecule has 0 atom stereocenters. The van der Waals surface area contributed by atoms with Crippen molar-refractivity contribution in [3.63, 3.8) is 0 Å². The Labute approximate surface area is 296 Å². The summed E-state index contributed by atoms with van der Waals surface area (Å²) >= 11 is 1.73. The molecule has 4 aromatic carbocycles. The molecule has 4 nitrogen and oxygen atoms in total. The largest absolute Gasteiger partial charge is 0.512 e. The van der Waals surface area contributed by atoms with Gasteiger partial charge in [0, 0.05) is 53.8 Å². The van der Waals surface area contributed by atoms with Gasteiger partial charge < -0.3 is 5.11 Å². The molecule has 6 rings (SSSR count). The molecule has 2 heterocycles. The minimum atomic E-state index is 0. The minimum absolute atomic E-state index is 0. The van der Waals surface area contributed by atoms with Crippen molar-refractivity contribution in [3.05, 3.63) is 96.5 Å². The number of rotatable bonds is 8. The molecule has 0 aliphatic heterocycles. The van der Waals surface area contributed by atoms with E-state index in [-0.39, 0.29) is 48.9 Å². The summed E-state index contributed by atoms with van der Waals surface area (Å²) in [6.07, 6.45) is 6.59. The molecule has 0 spiro atoms. The molecule has 0 unspecified atom stereocenters. The van der Waals surface area contributed by atoms with Crippen LogP contribution in [0.25, 0.3) is 53.1 Å². The standard InChI is InChI=1S/C28H21N2S.C13H24O2.Ir/c1-28(2,3)23-14-20(12-19-10-6-7-11-21(19)23)26-25-22-13-17-8-4-5-9-18(17)15-24(22)31-27(25)30-16-29-26;1-5-10(6-2)12(14)9-13(15)11(7-3)8-4;/h4-11,13-16H,1-3H3;9-11,14H,5-8H2,1-4H3;/q-1;;/b;12-9-;. The van der Waals surface area contributed by atoms with Gasteiger partial charge in [0.25, 0.3) is 0 Å². The summed E-state index contributed by atoms with van der Waals surface area (Å²) in [5.74, 6) is 0.547. The summed E-state index contributed by atoms with van der Waals surface area (Å²) in [7, 11) is 0. The van der Waals surface area contributed by atoms with Crippen LogP contribution < -0.4 is 0 Å². The molecule has 0 aliphatic rings. The number of carbonyl (C=O) groups excluding carboxylic acids is 1. The normalized spacial score (nSPS) is 12.1. The van der Waals surface area contributed by atoms with E-state index in [0.717, 1.165) is 52.5 Å². The van der Waals surface area contributed by atoms with Crippen molar-refractivity contribution in [3.8, 4) is 11.3 Å². The van der Waals surface area contributed by atoms with Crippen molar-refractivity contribution in [2.75, 3.05) is 0 Å². The van der Waals surface area contributed by atoms with Gasteiger partial charge in [-0.15, -0.1) is 40.5 Å². The zero-order valence-corrected chi connectivity index (χ0v) is 31.7. The zero-order valence-electron chi connectivity index (χ0n) is 28.5. The molecule has 0 bridgehead atoms. The number of hydrogen-bond acceptors (Lipinski definition) is 5. The van der Waals surface area contributed by atoms with E-state index in [1.54, 1.807) is 17.7 Å². The van der Waals surface area contributed by atoms with Gasteiger partial charge in [0.05, 0.1) is 5.76 Å². The Balaban J connectivity index is 0.000000269. The smallest absolute Gasteiger partial charge is 0.162 e. The van der Waals surface area contributed by atoms with E-state index in [9.17, 15) is 9.90 Å². The molecule has 0 aliphatic carbocycles. The van der Waals surface area contributed by atoms with Crippen LogP contribution in [-0.4, -0.2) is 20.9 Å². The number of ketones is 1. The van der Waals surface area contributed by atoms with Gasteiger partial charge in [-0.05, 0) is 59.4 Å². The first kappa shape index (κ1) is 36.4. The molecule has 1 N–H and O–H groups in total. The number of aliphatic hydroxyl groups is 1. The molecule has 0 saturated heterocycles. The molecule has 0 amide bonds. The SMILES string of the molecule is CC(C)(C)c1cc(-c2ncnc3sc4cc5ccccc5cc4c23)[c-]c2ccccc12.CCC(CC)C(=O)/C=C(\O)C(CC)CC.[Ir]. The number of carbonyl (C=O) groups is 1. The third-order valence-electron chi connectivity index (χ3n) is 9.06. The fraction of sp³-hybridized carbons (Fsp3) is 0.341. The molecule has 6 heteroatoms. The predicted molar refractivity (Wildman–Crippen MR) is 197 cm³/mol. The Morgan fingerprint density at radius 2 is 1.47 bits per heavy atom. The maximum Gasteiger partial charge on any atom is 0.162 e. The number of thiophene rings is 1. The Kier molecular flexibility index (Phi) is 12.1. The number of benzene rings is 4. The summed E-state index contributed by atoms with van der Waals surface area (Å²) in [6, 6.07) is 27.5. The van der Waals surface area contributed by atoms with E-state index in [0.29, 0.717) is 0 Å². The summed E-state index contributed by atoms with van der Waals surface area (Å²) in [4.78, 5) is 22.1. The number of fused-ring (bicyclic) bond motifs is 5. The number of hydrogen-bond donors (Lipinski definition) is 1. The second kappa shape index (κ2) is 15.6. The van der Waals surface area contributed by atoms with Crippen LogP contribution in [0, 0.1) is 17.9 Å². The van der Waals surface area contributed by atoms with Gasteiger partial charge in [-0.3, -0.25) is 9.78 Å². The second-order valence-electron chi connectivity index (χ2n) is 13.1. The van der Waals surface area contributed by atoms with E-state index in [1.165, 1.54) is 37.9 Å². The molecular weight excluding hydrogens is 777 g/mol. The van der Waals surface area contributed by atoms with Gasteiger partial charge in [-0.2, -0.15) is 0 Å². The molecule has 2 aromatic heterocycles. The fourth-order valence-electron chi connectivity index (χ4n) is 6.25. The van der Waals surface area contributed by atoms with E-state index in [4.69, 9.17) is 4.98 Å². The van der Waals surface area contributed by atoms with Crippen LogP contribution in [0.3, 0.4) is 0 Å². The average Bonchev–Trinajstić information content (AvgIpc) is 3.41. The first-order valence-corrected chi connectivity index (χ1v) is 17.4. The van der Waals surface area contributed by atoms with Crippen LogP contribution in [-0.2, 0) is 30.3 Å². The quantitative estimate of drug-likeness (QED) is 0.0944. The van der Waals surface area contributed by atoms with E-state index in [1.807, 2.05) is 27.7 Å². The van der Waals surface area contributed by atoms with Crippen LogP contribution in [0.15, 0.2) is 84.9 Å². The Bertz CT molecular complexity index is 2030. The second-order valence-corrected chi connectivity index (χ2v) is 14.1. The molecular formula is C41H45IrN2O2S-. The third kappa shape index (κ3) is 7.83. The first-order chi connectivity index (χ1) is 22.1. The molecule has 0 saturated carbocycles. The fourth-order valence-corrected chi connectivity index (χ4v) is 7.33. The van der Waals surface area contributed by atoms with Gasteiger partial charge in [0.1, 0.15) is 11.2 Å². The zero-order chi connectivity index (χ0) is 33.0. The third-order valence-corrected chi connectivity index (χ3v) is 10.1. The summed E-state index contributed by atoms with van der Waals surface area (Å²) in [5.41, 5.74) is 3.32. The van der Waals surface area contributed by atoms with Gasteiger partial charge in [-0.1, -0.05) is 102 Å². The van der Waals surface area contributed by atoms with Gasteiger partial charge in [0.15, 0.2) is 5.78 Å².